The second kappa shape index (κ2) is 7.58. The van der Waals surface area contributed by atoms with Crippen LogP contribution in [0, 0.1) is 17.8 Å². The van der Waals surface area contributed by atoms with Gasteiger partial charge in [-0.15, -0.1) is 0 Å². The fourth-order valence-corrected chi connectivity index (χ4v) is 6.65. The molecule has 0 aliphatic heterocycles. The maximum atomic E-state index is 14.1. The number of aliphatic hydroxyl groups is 3. The van der Waals surface area contributed by atoms with Crippen LogP contribution in [0.5, 0.6) is 5.75 Å². The van der Waals surface area contributed by atoms with Crippen molar-refractivity contribution in [1.82, 2.24) is 10.2 Å². The number of rotatable bonds is 3. The number of likely N-dealkylation sites (N-methyl/N-ethyl adjacent to an activating group) is 2. The van der Waals surface area contributed by atoms with Crippen LogP contribution in [-0.4, -0.2) is 75.8 Å². The van der Waals surface area contributed by atoms with Gasteiger partial charge in [0.05, 0.1) is 23.2 Å². The van der Waals surface area contributed by atoms with E-state index >= 15 is 0 Å². The molecule has 7 atom stereocenters. The maximum absolute atomic E-state index is 14.1. The van der Waals surface area contributed by atoms with Crippen LogP contribution in [0.3, 0.4) is 0 Å². The summed E-state index contributed by atoms with van der Waals surface area (Å²) < 4.78 is 0. The summed E-state index contributed by atoms with van der Waals surface area (Å²) in [5.74, 6) is -4.48. The molecule has 0 unspecified atom stereocenters. The van der Waals surface area contributed by atoms with Crippen LogP contribution in [0.15, 0.2) is 35.1 Å². The van der Waals surface area contributed by atoms with Crippen molar-refractivity contribution in [2.75, 3.05) is 21.1 Å². The second-order valence-electron chi connectivity index (χ2n) is 9.65. The van der Waals surface area contributed by atoms with Crippen molar-refractivity contribution in [2.24, 2.45) is 23.5 Å². The van der Waals surface area contributed by atoms with E-state index in [2.05, 4.69) is 5.32 Å². The second-order valence-corrected chi connectivity index (χ2v) is 9.65. The monoisotopic (exact) mass is 457 g/mol. The normalized spacial score (nSPS) is 35.9. The number of aliphatic hydroxyl groups excluding tert-OH is 2. The molecule has 3 aliphatic rings. The van der Waals surface area contributed by atoms with E-state index in [0.717, 1.165) is 0 Å². The molecule has 33 heavy (non-hydrogen) atoms. The molecule has 1 saturated carbocycles. The number of amides is 1. The number of hydrogen-bond acceptors (Lipinski definition) is 8. The van der Waals surface area contributed by atoms with E-state index < -0.39 is 47.1 Å². The number of carbonyl (C=O) groups excluding carboxylic acids is 2. The summed E-state index contributed by atoms with van der Waals surface area (Å²) in [6, 6.07) is 2.77. The van der Waals surface area contributed by atoms with Crippen molar-refractivity contribution in [3.8, 4) is 5.75 Å². The van der Waals surface area contributed by atoms with Gasteiger partial charge in [0.15, 0.2) is 11.4 Å². The number of phenolic OH excluding ortho intramolecular Hbond substituents is 1. The Balaban J connectivity index is 2.05. The first-order valence-electron chi connectivity index (χ1n) is 11.0. The van der Waals surface area contributed by atoms with Crippen molar-refractivity contribution in [3.63, 3.8) is 0 Å². The topological polar surface area (TPSA) is 156 Å². The average molecular weight is 458 g/mol. The van der Waals surface area contributed by atoms with Crippen molar-refractivity contribution < 1.29 is 30.0 Å². The molecule has 178 valence electrons. The Morgan fingerprint density at radius 1 is 1.18 bits per heavy atom. The lowest BCUT2D eigenvalue weighted by Gasteiger charge is -2.58. The van der Waals surface area contributed by atoms with Gasteiger partial charge in [0, 0.05) is 17.4 Å². The van der Waals surface area contributed by atoms with E-state index in [1.54, 1.807) is 31.1 Å². The third kappa shape index (κ3) is 2.82. The number of ketones is 1. The fourth-order valence-electron chi connectivity index (χ4n) is 6.65. The van der Waals surface area contributed by atoms with Crippen LogP contribution in [0.1, 0.15) is 30.9 Å². The Morgan fingerprint density at radius 2 is 1.82 bits per heavy atom. The Bertz CT molecular complexity index is 1110. The standard InChI is InChI=1S/C24H31N3O6/c1-9-11-7-6-8-12(28)14(11)19(29)15-13(9)10(2)17-18(27(4)5)20(30)16(23(25)32)21(26-3)24(17,33)22(15)31/h6-10,13,17-18,21,26,28-30,33H,1-5H3,(H2,25,32)/t9-,10-,13-,17-,18-,21-,24+/m0/s1. The van der Waals surface area contributed by atoms with Crippen LogP contribution < -0.4 is 11.1 Å². The summed E-state index contributed by atoms with van der Waals surface area (Å²) in [4.78, 5) is 28.1. The molecule has 4 rings (SSSR count). The summed E-state index contributed by atoms with van der Waals surface area (Å²) in [6.07, 6.45) is 0. The van der Waals surface area contributed by atoms with Gasteiger partial charge in [-0.2, -0.15) is 0 Å². The predicted molar refractivity (Wildman–Crippen MR) is 121 cm³/mol. The third-order valence-corrected chi connectivity index (χ3v) is 7.91. The Morgan fingerprint density at radius 3 is 2.36 bits per heavy atom. The number of nitrogens with zero attached hydrogens (tertiary/aromatic N) is 1. The van der Waals surface area contributed by atoms with E-state index in [1.807, 2.05) is 13.8 Å². The first-order valence-corrected chi connectivity index (χ1v) is 11.0. The Kier molecular flexibility index (Phi) is 5.35. The van der Waals surface area contributed by atoms with E-state index in [-0.39, 0.29) is 39.9 Å². The molecule has 0 saturated heterocycles. The molecular weight excluding hydrogens is 426 g/mol. The number of benzene rings is 1. The van der Waals surface area contributed by atoms with Crippen LogP contribution in [0.2, 0.25) is 0 Å². The lowest BCUT2D eigenvalue weighted by atomic mass is 9.50. The summed E-state index contributed by atoms with van der Waals surface area (Å²) in [6.45, 7) is 3.78. The van der Waals surface area contributed by atoms with E-state index in [1.165, 1.54) is 13.1 Å². The highest BCUT2D eigenvalue weighted by atomic mass is 16.3. The molecule has 9 nitrogen and oxygen atoms in total. The van der Waals surface area contributed by atoms with E-state index in [9.17, 15) is 30.0 Å². The van der Waals surface area contributed by atoms with Gasteiger partial charge >= 0.3 is 0 Å². The van der Waals surface area contributed by atoms with Gasteiger partial charge in [-0.25, -0.2) is 0 Å². The number of primary amides is 1. The largest absolute Gasteiger partial charge is 0.510 e. The number of hydrogen-bond donors (Lipinski definition) is 6. The molecule has 1 aromatic rings. The molecule has 0 heterocycles. The predicted octanol–water partition coefficient (Wildman–Crippen LogP) is 0.790. The van der Waals surface area contributed by atoms with Gasteiger partial charge in [-0.3, -0.25) is 14.5 Å². The highest BCUT2D eigenvalue weighted by molar-refractivity contribution is 6.11. The van der Waals surface area contributed by atoms with Crippen LogP contribution >= 0.6 is 0 Å². The lowest BCUT2D eigenvalue weighted by molar-refractivity contribution is -0.162. The molecule has 1 amide bonds. The molecule has 0 spiro atoms. The first-order chi connectivity index (χ1) is 15.4. The van der Waals surface area contributed by atoms with Crippen LogP contribution in [0.4, 0.5) is 0 Å². The fraction of sp³-hybridized carbons (Fsp3) is 0.500. The molecule has 1 aromatic carbocycles. The average Bonchev–Trinajstić information content (AvgIpc) is 2.74. The molecular formula is C24H31N3O6. The van der Waals surface area contributed by atoms with Gasteiger partial charge in [-0.1, -0.05) is 26.0 Å². The number of fused-ring (bicyclic) bond motifs is 3. The van der Waals surface area contributed by atoms with Gasteiger partial charge in [0.1, 0.15) is 17.3 Å². The molecule has 9 heteroatoms. The van der Waals surface area contributed by atoms with Crippen molar-refractivity contribution in [1.29, 1.82) is 0 Å². The minimum atomic E-state index is -2.18. The molecule has 0 aromatic heterocycles. The van der Waals surface area contributed by atoms with Crippen molar-refractivity contribution in [2.45, 2.75) is 37.5 Å². The van der Waals surface area contributed by atoms with Gasteiger partial charge < -0.3 is 31.5 Å². The van der Waals surface area contributed by atoms with Gasteiger partial charge in [0.25, 0.3) is 0 Å². The highest BCUT2D eigenvalue weighted by Crippen LogP contribution is 2.58. The van der Waals surface area contributed by atoms with E-state index in [4.69, 9.17) is 5.73 Å². The minimum Gasteiger partial charge on any atom is -0.510 e. The smallest absolute Gasteiger partial charge is 0.249 e. The van der Waals surface area contributed by atoms with Crippen molar-refractivity contribution in [3.05, 3.63) is 46.2 Å². The number of Topliss-reactive ketones (excluding diaryl/α,β-unsaturated/α-hetero) is 1. The molecule has 3 aliphatic carbocycles. The SMILES string of the molecule is CN[C@H]1C(C(N)=O)=C(O)[C@@H](N(C)C)[C@@H]2[C@@H](C)[C@H]3C(=C(O)c4c(O)cccc4[C@@H]3C)C(=O)[C@@]21O. The van der Waals surface area contributed by atoms with E-state index in [0.29, 0.717) is 5.56 Å². The molecule has 0 radical (unpaired) electrons. The summed E-state index contributed by atoms with van der Waals surface area (Å²) in [5, 5.41) is 47.7. The first kappa shape index (κ1) is 23.3. The number of nitrogens with two attached hydrogens (primary N) is 1. The maximum Gasteiger partial charge on any atom is 0.249 e. The summed E-state index contributed by atoms with van der Waals surface area (Å²) >= 11 is 0. The van der Waals surface area contributed by atoms with Gasteiger partial charge in [0.2, 0.25) is 5.91 Å². The van der Waals surface area contributed by atoms with Gasteiger partial charge in [-0.05, 0) is 44.6 Å². The van der Waals surface area contributed by atoms with Crippen molar-refractivity contribution >= 4 is 17.4 Å². The lowest BCUT2D eigenvalue weighted by Crippen LogP contribution is -2.73. The van der Waals surface area contributed by atoms with Crippen LogP contribution in [-0.2, 0) is 9.59 Å². The quantitative estimate of drug-likeness (QED) is 0.389. The summed E-state index contributed by atoms with van der Waals surface area (Å²) in [5.41, 5.74) is 4.03. The zero-order chi connectivity index (χ0) is 24.6. The number of aromatic hydroxyl groups is 1. The number of nitrogens with one attached hydrogen (secondary N) is 1. The molecule has 7 N–H and O–H groups in total. The highest BCUT2D eigenvalue weighted by Gasteiger charge is 2.67. The molecule has 1 fully saturated rings. The minimum absolute atomic E-state index is 0.0192. The Labute approximate surface area is 192 Å². The third-order valence-electron chi connectivity index (χ3n) is 7.91. The number of carbonyl (C=O) groups is 2. The zero-order valence-corrected chi connectivity index (χ0v) is 19.3. The van der Waals surface area contributed by atoms with Crippen LogP contribution in [0.25, 0.3) is 5.76 Å². The number of phenols is 1. The molecule has 0 bridgehead atoms. The zero-order valence-electron chi connectivity index (χ0n) is 19.3. The summed E-state index contributed by atoms with van der Waals surface area (Å²) in [7, 11) is 4.85. The Hall–Kier alpha value is -2.88.